The monoisotopic (exact) mass is 240 g/mol. The molecule has 1 aromatic rings. The second kappa shape index (κ2) is 3.48. The Balaban J connectivity index is 2.34. The van der Waals surface area contributed by atoms with Gasteiger partial charge in [0.25, 0.3) is 0 Å². The molecular formula is C11H10Cl2N2. The van der Waals surface area contributed by atoms with Crippen molar-refractivity contribution in [2.45, 2.75) is 12.5 Å². The second-order valence-electron chi connectivity index (χ2n) is 3.92. The highest BCUT2D eigenvalue weighted by Crippen LogP contribution is 2.19. The van der Waals surface area contributed by atoms with Crippen LogP contribution in [0.3, 0.4) is 0 Å². The number of nitrogens with zero attached hydrogens (tertiary/aromatic N) is 1. The zero-order valence-corrected chi connectivity index (χ0v) is 9.57. The lowest BCUT2D eigenvalue weighted by Gasteiger charge is -2.19. The molecule has 2 heterocycles. The maximum Gasteiger partial charge on any atom is 0.0751 e. The molecule has 4 heteroatoms. The van der Waals surface area contributed by atoms with Crippen LogP contribution in [-0.4, -0.2) is 19.1 Å². The van der Waals surface area contributed by atoms with Crippen molar-refractivity contribution in [1.82, 2.24) is 5.32 Å². The van der Waals surface area contributed by atoms with Gasteiger partial charge in [-0.15, -0.1) is 0 Å². The van der Waals surface area contributed by atoms with Crippen LogP contribution in [0.25, 0.3) is 5.57 Å². The summed E-state index contributed by atoms with van der Waals surface area (Å²) in [6, 6.07) is 4.01. The number of piperidine rings is 1. The lowest BCUT2D eigenvalue weighted by Crippen LogP contribution is -2.34. The van der Waals surface area contributed by atoms with Gasteiger partial charge in [-0.25, -0.2) is 0 Å². The Kier molecular flexibility index (Phi) is 2.23. The average Bonchev–Trinajstić information content (AvgIpc) is 2.54. The highest BCUT2D eigenvalue weighted by molar-refractivity contribution is 6.34. The maximum atomic E-state index is 6.20. The minimum Gasteiger partial charge on any atom is -0.313 e. The van der Waals surface area contributed by atoms with Crippen molar-refractivity contribution < 1.29 is 0 Å². The van der Waals surface area contributed by atoms with Crippen LogP contribution in [0.4, 0.5) is 0 Å². The molecule has 2 nitrogen and oxygen atoms in total. The van der Waals surface area contributed by atoms with E-state index in [4.69, 9.17) is 23.2 Å². The van der Waals surface area contributed by atoms with Gasteiger partial charge in [0.2, 0.25) is 0 Å². The van der Waals surface area contributed by atoms with E-state index in [1.807, 2.05) is 6.07 Å². The van der Waals surface area contributed by atoms with Crippen molar-refractivity contribution in [3.63, 3.8) is 0 Å². The molecule has 0 radical (unpaired) electrons. The van der Waals surface area contributed by atoms with E-state index in [0.29, 0.717) is 11.1 Å². The third kappa shape index (κ3) is 1.48. The summed E-state index contributed by atoms with van der Waals surface area (Å²) in [4.78, 5) is 4.65. The van der Waals surface area contributed by atoms with Crippen molar-refractivity contribution in [2.24, 2.45) is 4.99 Å². The number of nitrogens with one attached hydrogen (secondary N) is 1. The lowest BCUT2D eigenvalue weighted by atomic mass is 10.0. The van der Waals surface area contributed by atoms with Crippen LogP contribution in [0.5, 0.6) is 0 Å². The summed E-state index contributed by atoms with van der Waals surface area (Å²) in [5.41, 5.74) is 1.32. The zero-order valence-electron chi connectivity index (χ0n) is 8.06. The van der Waals surface area contributed by atoms with Gasteiger partial charge < -0.3 is 5.32 Å². The van der Waals surface area contributed by atoms with Crippen molar-refractivity contribution in [3.8, 4) is 0 Å². The van der Waals surface area contributed by atoms with Gasteiger partial charge in [-0.05, 0) is 30.7 Å². The molecule has 0 bridgehead atoms. The van der Waals surface area contributed by atoms with Gasteiger partial charge >= 0.3 is 0 Å². The largest absolute Gasteiger partial charge is 0.313 e. The number of fused-ring (bicyclic) bond motifs is 2. The first-order valence-electron chi connectivity index (χ1n) is 5.02. The Morgan fingerprint density at radius 1 is 1.33 bits per heavy atom. The number of benzene rings is 1. The van der Waals surface area contributed by atoms with E-state index in [0.717, 1.165) is 35.1 Å². The Morgan fingerprint density at radius 3 is 3.07 bits per heavy atom. The van der Waals surface area contributed by atoms with Crippen molar-refractivity contribution >= 4 is 28.8 Å². The molecule has 78 valence electrons. The van der Waals surface area contributed by atoms with Gasteiger partial charge in [-0.3, -0.25) is 4.99 Å². The van der Waals surface area contributed by atoms with E-state index in [1.54, 1.807) is 6.07 Å². The molecule has 1 fully saturated rings. The number of rotatable bonds is 0. The molecule has 1 atom stereocenters. The van der Waals surface area contributed by atoms with Gasteiger partial charge in [0, 0.05) is 16.8 Å². The molecule has 0 spiro atoms. The van der Waals surface area contributed by atoms with Gasteiger partial charge in [0.1, 0.15) is 0 Å². The van der Waals surface area contributed by atoms with E-state index < -0.39 is 0 Å². The summed E-state index contributed by atoms with van der Waals surface area (Å²) in [6.45, 7) is 1.92. The topological polar surface area (TPSA) is 24.4 Å². The van der Waals surface area contributed by atoms with Crippen LogP contribution in [0, 0.1) is 0 Å². The average molecular weight is 241 g/mol. The van der Waals surface area contributed by atoms with E-state index in [9.17, 15) is 0 Å². The Labute approximate surface area is 97.6 Å². The van der Waals surface area contributed by atoms with Gasteiger partial charge in [-0.1, -0.05) is 23.2 Å². The van der Waals surface area contributed by atoms with Crippen LogP contribution in [0.2, 0.25) is 10.0 Å². The van der Waals surface area contributed by atoms with Crippen LogP contribution in [0.15, 0.2) is 17.1 Å². The summed E-state index contributed by atoms with van der Waals surface area (Å²) in [7, 11) is 0. The molecule has 1 N–H and O–H groups in total. The first kappa shape index (κ1) is 9.64. The Hall–Kier alpha value is -0.570. The fourth-order valence-corrected chi connectivity index (χ4v) is 2.90. The molecule has 3 rings (SSSR count). The van der Waals surface area contributed by atoms with Gasteiger partial charge in [0.15, 0.2) is 0 Å². The minimum atomic E-state index is 0.317. The molecule has 0 aromatic heterocycles. The fraction of sp³-hybridized carbons (Fsp3) is 0.364. The van der Waals surface area contributed by atoms with Gasteiger partial charge in [0.05, 0.1) is 16.4 Å². The van der Waals surface area contributed by atoms with Gasteiger partial charge in [-0.2, -0.15) is 0 Å². The van der Waals surface area contributed by atoms with Crippen molar-refractivity contribution in [3.05, 3.63) is 32.8 Å². The molecule has 2 aliphatic heterocycles. The summed E-state index contributed by atoms with van der Waals surface area (Å²) in [5, 5.41) is 6.79. The predicted octanol–water partition coefficient (Wildman–Crippen LogP) is 1.14. The normalized spacial score (nSPS) is 23.3. The van der Waals surface area contributed by atoms with Crippen LogP contribution < -0.4 is 15.9 Å². The highest BCUT2D eigenvalue weighted by Gasteiger charge is 2.23. The lowest BCUT2D eigenvalue weighted by molar-refractivity contribution is 0.598. The number of halogens is 2. The number of hydrogen-bond donors (Lipinski definition) is 1. The molecule has 0 saturated carbocycles. The zero-order chi connectivity index (χ0) is 10.4. The smallest absolute Gasteiger partial charge is 0.0751 e. The maximum absolute atomic E-state index is 6.20. The molecule has 15 heavy (non-hydrogen) atoms. The quantitative estimate of drug-likeness (QED) is 0.723. The van der Waals surface area contributed by atoms with Crippen LogP contribution in [0.1, 0.15) is 6.42 Å². The third-order valence-electron chi connectivity index (χ3n) is 2.96. The van der Waals surface area contributed by atoms with E-state index in [-0.39, 0.29) is 0 Å². The summed E-state index contributed by atoms with van der Waals surface area (Å²) >= 11 is 12.2. The van der Waals surface area contributed by atoms with E-state index in [1.165, 1.54) is 5.57 Å². The van der Waals surface area contributed by atoms with Crippen molar-refractivity contribution in [1.29, 1.82) is 0 Å². The predicted molar refractivity (Wildman–Crippen MR) is 61.9 cm³/mol. The molecule has 1 unspecified atom stereocenters. The first-order valence-corrected chi connectivity index (χ1v) is 5.78. The first-order chi connectivity index (χ1) is 7.25. The molecule has 2 aliphatic rings. The summed E-state index contributed by atoms with van der Waals surface area (Å²) < 4.78 is 0. The Morgan fingerprint density at radius 2 is 2.20 bits per heavy atom. The molecule has 0 amide bonds. The van der Waals surface area contributed by atoms with Crippen molar-refractivity contribution in [2.75, 3.05) is 13.1 Å². The van der Waals surface area contributed by atoms with E-state index >= 15 is 0 Å². The SMILES string of the molecule is Clc1cc(Cl)c2c(c1)=NC1CCNCC=21. The molecule has 1 aromatic carbocycles. The molecule has 1 saturated heterocycles. The van der Waals surface area contributed by atoms with Crippen LogP contribution >= 0.6 is 23.2 Å². The standard InChI is InChI=1S/C11H10Cl2N2/c12-6-3-8(13)11-7-5-14-2-1-9(7)15-10(11)4-6/h3-4,9,14H,1-2,5H2. The fourth-order valence-electron chi connectivity index (χ4n) is 2.30. The molecule has 0 aliphatic carbocycles. The third-order valence-corrected chi connectivity index (χ3v) is 3.48. The summed E-state index contributed by atoms with van der Waals surface area (Å²) in [6.07, 6.45) is 1.05. The van der Waals surface area contributed by atoms with Crippen LogP contribution in [-0.2, 0) is 0 Å². The minimum absolute atomic E-state index is 0.317. The second-order valence-corrected chi connectivity index (χ2v) is 4.76. The number of hydrogen-bond acceptors (Lipinski definition) is 2. The molecular weight excluding hydrogens is 231 g/mol. The van der Waals surface area contributed by atoms with E-state index in [2.05, 4.69) is 10.3 Å². The Bertz CT molecular complexity index is 536. The summed E-state index contributed by atoms with van der Waals surface area (Å²) in [5.74, 6) is 0. The highest BCUT2D eigenvalue weighted by atomic mass is 35.5.